The topological polar surface area (TPSA) is 93.9 Å². The van der Waals surface area contributed by atoms with Crippen molar-refractivity contribution in [2.75, 3.05) is 34.4 Å². The molecule has 0 bridgehead atoms. The van der Waals surface area contributed by atoms with Gasteiger partial charge >= 0.3 is 5.69 Å². The van der Waals surface area contributed by atoms with Crippen molar-refractivity contribution in [3.05, 3.63) is 28.3 Å². The van der Waals surface area contributed by atoms with Gasteiger partial charge in [-0.3, -0.25) is 14.9 Å². The van der Waals surface area contributed by atoms with Crippen LogP contribution in [0.5, 0.6) is 11.5 Å². The van der Waals surface area contributed by atoms with Crippen LogP contribution < -0.4 is 14.8 Å². The fourth-order valence-corrected chi connectivity index (χ4v) is 2.33. The first-order valence-corrected chi connectivity index (χ1v) is 7.64. The predicted molar refractivity (Wildman–Crippen MR) is 90.5 cm³/mol. The number of nitro groups is 1. The number of nitrogens with one attached hydrogen (secondary N) is 1. The molecule has 0 fully saturated rings. The maximum atomic E-state index is 11.9. The number of methoxy groups -OCH3 is 1. The fourth-order valence-electron chi connectivity index (χ4n) is 2.33. The Morgan fingerprint density at radius 2 is 2.04 bits per heavy atom. The van der Waals surface area contributed by atoms with Gasteiger partial charge in [-0.05, 0) is 26.1 Å². The van der Waals surface area contributed by atoms with Crippen molar-refractivity contribution in [3.63, 3.8) is 0 Å². The molecule has 0 saturated heterocycles. The van der Waals surface area contributed by atoms with Gasteiger partial charge in [-0.15, -0.1) is 0 Å². The molecule has 0 aliphatic heterocycles. The van der Waals surface area contributed by atoms with Crippen molar-refractivity contribution in [1.29, 1.82) is 0 Å². The van der Waals surface area contributed by atoms with Gasteiger partial charge in [0, 0.05) is 24.7 Å². The summed E-state index contributed by atoms with van der Waals surface area (Å²) in [6, 6.07) is 4.34. The second kappa shape index (κ2) is 9.07. The fraction of sp³-hybridized carbons (Fsp3) is 0.562. The molecule has 1 amide bonds. The highest BCUT2D eigenvalue weighted by atomic mass is 16.6. The molecule has 1 aromatic rings. The van der Waals surface area contributed by atoms with E-state index in [9.17, 15) is 14.9 Å². The Bertz CT molecular complexity index is 567. The second-order valence-corrected chi connectivity index (χ2v) is 5.96. The number of nitro benzene ring substituents is 1. The molecule has 134 valence electrons. The molecule has 1 unspecified atom stereocenters. The van der Waals surface area contributed by atoms with E-state index in [0.717, 1.165) is 0 Å². The summed E-state index contributed by atoms with van der Waals surface area (Å²) in [5, 5.41) is 13.7. The number of rotatable bonds is 9. The van der Waals surface area contributed by atoms with Crippen LogP contribution in [-0.4, -0.2) is 56.1 Å². The molecule has 0 aromatic heterocycles. The average molecular weight is 339 g/mol. The molecule has 0 aliphatic carbocycles. The summed E-state index contributed by atoms with van der Waals surface area (Å²) in [6.45, 7) is 4.54. The molecule has 0 aliphatic rings. The van der Waals surface area contributed by atoms with Gasteiger partial charge in [0.05, 0.1) is 12.0 Å². The zero-order valence-electron chi connectivity index (χ0n) is 14.7. The zero-order valence-corrected chi connectivity index (χ0v) is 14.7. The van der Waals surface area contributed by atoms with Gasteiger partial charge in [0.25, 0.3) is 5.91 Å². The van der Waals surface area contributed by atoms with E-state index in [1.807, 2.05) is 14.1 Å². The lowest BCUT2D eigenvalue weighted by atomic mass is 10.0. The Kier molecular flexibility index (Phi) is 7.44. The maximum absolute atomic E-state index is 11.9. The van der Waals surface area contributed by atoms with E-state index in [2.05, 4.69) is 24.1 Å². The average Bonchev–Trinajstić information content (AvgIpc) is 2.51. The highest BCUT2D eigenvalue weighted by molar-refractivity contribution is 5.77. The molecule has 0 heterocycles. The van der Waals surface area contributed by atoms with Gasteiger partial charge in [0.2, 0.25) is 5.75 Å². The third-order valence-corrected chi connectivity index (χ3v) is 3.66. The van der Waals surface area contributed by atoms with Crippen LogP contribution in [0.2, 0.25) is 0 Å². The number of amides is 1. The summed E-state index contributed by atoms with van der Waals surface area (Å²) >= 11 is 0. The van der Waals surface area contributed by atoms with Crippen LogP contribution in [-0.2, 0) is 4.79 Å². The van der Waals surface area contributed by atoms with Crippen molar-refractivity contribution in [2.24, 2.45) is 5.92 Å². The lowest BCUT2D eigenvalue weighted by Gasteiger charge is -2.28. The van der Waals surface area contributed by atoms with Crippen LogP contribution in [0.3, 0.4) is 0 Å². The minimum Gasteiger partial charge on any atom is -0.490 e. The van der Waals surface area contributed by atoms with E-state index in [4.69, 9.17) is 9.47 Å². The molecule has 0 spiro atoms. The molecule has 1 rings (SSSR count). The lowest BCUT2D eigenvalue weighted by molar-refractivity contribution is -0.385. The minimum absolute atomic E-state index is 0.0883. The maximum Gasteiger partial charge on any atom is 0.311 e. The van der Waals surface area contributed by atoms with Crippen molar-refractivity contribution >= 4 is 11.6 Å². The molecular weight excluding hydrogens is 314 g/mol. The van der Waals surface area contributed by atoms with Gasteiger partial charge < -0.3 is 19.7 Å². The highest BCUT2D eigenvalue weighted by Crippen LogP contribution is 2.30. The summed E-state index contributed by atoms with van der Waals surface area (Å²) in [7, 11) is 5.28. The number of carbonyl (C=O) groups excluding carboxylic acids is 1. The lowest BCUT2D eigenvalue weighted by Crippen LogP contribution is -2.44. The van der Waals surface area contributed by atoms with Crippen LogP contribution in [0.4, 0.5) is 5.69 Å². The Morgan fingerprint density at radius 1 is 1.38 bits per heavy atom. The van der Waals surface area contributed by atoms with Crippen LogP contribution >= 0.6 is 0 Å². The standard InChI is InChI=1S/C16H25N3O5/c1-11(2)14(18(3)4)9-17-16(20)10-24-12-6-7-13(19(21)22)15(8-12)23-5/h6-8,11,14H,9-10H2,1-5H3,(H,17,20). The highest BCUT2D eigenvalue weighted by Gasteiger charge is 2.18. The number of benzene rings is 1. The van der Waals surface area contributed by atoms with E-state index >= 15 is 0 Å². The SMILES string of the molecule is COc1cc(OCC(=O)NCC(C(C)C)N(C)C)ccc1[N+](=O)[O-]. The van der Waals surface area contributed by atoms with Gasteiger partial charge in [-0.2, -0.15) is 0 Å². The molecule has 0 radical (unpaired) electrons. The van der Waals surface area contributed by atoms with Gasteiger partial charge in [0.1, 0.15) is 5.75 Å². The molecule has 1 aromatic carbocycles. The summed E-state index contributed by atoms with van der Waals surface area (Å²) in [4.78, 5) is 24.3. The first-order valence-electron chi connectivity index (χ1n) is 7.64. The summed E-state index contributed by atoms with van der Waals surface area (Å²) < 4.78 is 10.3. The smallest absolute Gasteiger partial charge is 0.311 e. The Hall–Kier alpha value is -2.35. The van der Waals surface area contributed by atoms with Gasteiger partial charge in [-0.25, -0.2) is 0 Å². The molecule has 1 atom stereocenters. The summed E-state index contributed by atoms with van der Waals surface area (Å²) in [5.74, 6) is 0.575. The molecule has 8 nitrogen and oxygen atoms in total. The largest absolute Gasteiger partial charge is 0.490 e. The Labute approximate surface area is 141 Å². The summed E-state index contributed by atoms with van der Waals surface area (Å²) in [5.41, 5.74) is -0.153. The third-order valence-electron chi connectivity index (χ3n) is 3.66. The number of likely N-dealkylation sites (N-methyl/N-ethyl adjacent to an activating group) is 1. The first kappa shape index (κ1) is 19.7. The molecule has 1 N–H and O–H groups in total. The van der Waals surface area contributed by atoms with E-state index < -0.39 is 4.92 Å². The number of hydrogen-bond acceptors (Lipinski definition) is 6. The van der Waals surface area contributed by atoms with E-state index in [0.29, 0.717) is 18.2 Å². The first-order chi connectivity index (χ1) is 11.3. The monoisotopic (exact) mass is 339 g/mol. The Morgan fingerprint density at radius 3 is 2.54 bits per heavy atom. The number of nitrogens with zero attached hydrogens (tertiary/aromatic N) is 2. The van der Waals surface area contributed by atoms with Crippen LogP contribution in [0.15, 0.2) is 18.2 Å². The molecule has 8 heteroatoms. The van der Waals surface area contributed by atoms with Gasteiger partial charge in [0.15, 0.2) is 6.61 Å². The quantitative estimate of drug-likeness (QED) is 0.543. The number of carbonyl (C=O) groups is 1. The predicted octanol–water partition coefficient (Wildman–Crippen LogP) is 1.68. The van der Waals surface area contributed by atoms with Crippen molar-refractivity contribution < 1.29 is 19.2 Å². The normalized spacial score (nSPS) is 12.1. The van der Waals surface area contributed by atoms with Crippen molar-refractivity contribution in [3.8, 4) is 11.5 Å². The van der Waals surface area contributed by atoms with Gasteiger partial charge in [-0.1, -0.05) is 13.8 Å². The van der Waals surface area contributed by atoms with Crippen LogP contribution in [0.1, 0.15) is 13.8 Å². The van der Waals surface area contributed by atoms with E-state index in [-0.39, 0.29) is 30.0 Å². The van der Waals surface area contributed by atoms with Crippen molar-refractivity contribution in [2.45, 2.75) is 19.9 Å². The Balaban J connectivity index is 2.57. The van der Waals surface area contributed by atoms with E-state index in [1.165, 1.54) is 25.3 Å². The molecule has 24 heavy (non-hydrogen) atoms. The van der Waals surface area contributed by atoms with E-state index in [1.54, 1.807) is 0 Å². The molecule has 0 saturated carbocycles. The third kappa shape index (κ3) is 5.69. The molecular formula is C16H25N3O5. The van der Waals surface area contributed by atoms with Crippen molar-refractivity contribution in [1.82, 2.24) is 10.2 Å². The summed E-state index contributed by atoms with van der Waals surface area (Å²) in [6.07, 6.45) is 0. The zero-order chi connectivity index (χ0) is 18.3. The number of ether oxygens (including phenoxy) is 2. The number of hydrogen-bond donors (Lipinski definition) is 1. The van der Waals surface area contributed by atoms with Crippen LogP contribution in [0, 0.1) is 16.0 Å². The van der Waals surface area contributed by atoms with Crippen LogP contribution in [0.25, 0.3) is 0 Å². The minimum atomic E-state index is -0.539. The second-order valence-electron chi connectivity index (χ2n) is 5.96.